The Hall–Kier alpha value is -1.35. The maximum Gasteiger partial charge on any atom is 0.160 e. The molecule has 2 rings (SSSR count). The Morgan fingerprint density at radius 1 is 1.54 bits per heavy atom. The van der Waals surface area contributed by atoms with Gasteiger partial charge in [-0.2, -0.15) is 5.10 Å². The molecule has 1 aromatic carbocycles. The van der Waals surface area contributed by atoms with Crippen LogP contribution in [0.2, 0.25) is 5.15 Å². The molecule has 0 amide bonds. The minimum absolute atomic E-state index is 0.00565. The molecule has 0 aliphatic rings. The molecule has 3 nitrogen and oxygen atoms in total. The van der Waals surface area contributed by atoms with E-state index in [9.17, 15) is 4.79 Å². The van der Waals surface area contributed by atoms with E-state index in [0.29, 0.717) is 16.1 Å². The summed E-state index contributed by atoms with van der Waals surface area (Å²) >= 11 is 5.85. The van der Waals surface area contributed by atoms with Gasteiger partial charge in [-0.3, -0.25) is 9.89 Å². The van der Waals surface area contributed by atoms with E-state index in [1.54, 1.807) is 12.1 Å². The van der Waals surface area contributed by atoms with Crippen molar-refractivity contribution in [2.24, 2.45) is 0 Å². The highest BCUT2D eigenvalue weighted by Crippen LogP contribution is 2.24. The van der Waals surface area contributed by atoms with Crippen LogP contribution < -0.4 is 0 Å². The van der Waals surface area contributed by atoms with Crippen LogP contribution in [0.15, 0.2) is 18.2 Å². The van der Waals surface area contributed by atoms with Crippen molar-refractivity contribution in [3.63, 3.8) is 0 Å². The number of rotatable bonds is 1. The second-order valence-electron chi connectivity index (χ2n) is 2.79. The number of fused-ring (bicyclic) bond motifs is 1. The molecule has 0 fully saturated rings. The average Bonchev–Trinajstić information content (AvgIpc) is 2.48. The number of carbonyl (C=O) groups is 1. The van der Waals surface area contributed by atoms with Gasteiger partial charge in [-0.05, 0) is 13.0 Å². The van der Waals surface area contributed by atoms with Crippen molar-refractivity contribution in [3.05, 3.63) is 28.9 Å². The van der Waals surface area contributed by atoms with E-state index in [4.69, 9.17) is 11.6 Å². The first kappa shape index (κ1) is 8.26. The molecule has 0 saturated carbocycles. The molecule has 0 aliphatic heterocycles. The molecule has 0 unspecified atom stereocenters. The van der Waals surface area contributed by atoms with Crippen LogP contribution in [0.4, 0.5) is 0 Å². The monoisotopic (exact) mass is 194 g/mol. The summed E-state index contributed by atoms with van der Waals surface area (Å²) in [5, 5.41) is 7.71. The maximum absolute atomic E-state index is 11.2. The van der Waals surface area contributed by atoms with Crippen molar-refractivity contribution >= 4 is 28.3 Å². The molecule has 0 saturated heterocycles. The number of aromatic nitrogens is 2. The number of nitrogens with one attached hydrogen (secondary N) is 1. The summed E-state index contributed by atoms with van der Waals surface area (Å²) in [5.41, 5.74) is 1.33. The largest absolute Gasteiger partial charge is 0.294 e. The van der Waals surface area contributed by atoms with Gasteiger partial charge in [0.2, 0.25) is 0 Å². The summed E-state index contributed by atoms with van der Waals surface area (Å²) in [6.07, 6.45) is 0. The van der Waals surface area contributed by atoms with Gasteiger partial charge in [0, 0.05) is 10.9 Å². The van der Waals surface area contributed by atoms with E-state index in [-0.39, 0.29) is 5.78 Å². The van der Waals surface area contributed by atoms with Crippen molar-refractivity contribution in [1.82, 2.24) is 10.2 Å². The lowest BCUT2D eigenvalue weighted by Gasteiger charge is -1.96. The predicted molar refractivity (Wildman–Crippen MR) is 51.1 cm³/mol. The molecule has 4 heteroatoms. The molecule has 0 radical (unpaired) electrons. The smallest absolute Gasteiger partial charge is 0.160 e. The molecule has 0 bridgehead atoms. The molecule has 1 aromatic heterocycles. The number of aromatic amines is 1. The summed E-state index contributed by atoms with van der Waals surface area (Å²) in [5.74, 6) is -0.00565. The van der Waals surface area contributed by atoms with E-state index in [2.05, 4.69) is 10.2 Å². The van der Waals surface area contributed by atoms with Crippen LogP contribution in [0, 0.1) is 0 Å². The zero-order chi connectivity index (χ0) is 9.42. The molecule has 0 aliphatic carbocycles. The fraction of sp³-hybridized carbons (Fsp3) is 0.111. The molecule has 0 atom stereocenters. The zero-order valence-electron chi connectivity index (χ0n) is 6.97. The van der Waals surface area contributed by atoms with Gasteiger partial charge < -0.3 is 0 Å². The van der Waals surface area contributed by atoms with Crippen molar-refractivity contribution in [2.45, 2.75) is 6.92 Å². The highest BCUT2D eigenvalue weighted by molar-refractivity contribution is 6.35. The summed E-state index contributed by atoms with van der Waals surface area (Å²) in [6, 6.07) is 5.34. The van der Waals surface area contributed by atoms with Crippen LogP contribution in [0.25, 0.3) is 10.9 Å². The number of hydrogen-bond acceptors (Lipinski definition) is 2. The summed E-state index contributed by atoms with van der Waals surface area (Å²) < 4.78 is 0. The molecule has 1 heterocycles. The number of benzene rings is 1. The Morgan fingerprint density at radius 3 is 3.00 bits per heavy atom. The van der Waals surface area contributed by atoms with Gasteiger partial charge in [-0.15, -0.1) is 0 Å². The van der Waals surface area contributed by atoms with Crippen LogP contribution in [0.1, 0.15) is 17.3 Å². The minimum atomic E-state index is -0.00565. The van der Waals surface area contributed by atoms with Crippen LogP contribution in [-0.4, -0.2) is 16.0 Å². The first-order valence-corrected chi connectivity index (χ1v) is 4.21. The fourth-order valence-corrected chi connectivity index (χ4v) is 1.56. The van der Waals surface area contributed by atoms with E-state index in [1.165, 1.54) is 6.92 Å². The fourth-order valence-electron chi connectivity index (χ4n) is 1.32. The van der Waals surface area contributed by atoms with Crippen LogP contribution >= 0.6 is 11.6 Å². The Bertz CT molecular complexity index is 475. The van der Waals surface area contributed by atoms with Gasteiger partial charge in [0.15, 0.2) is 5.78 Å². The highest BCUT2D eigenvalue weighted by atomic mass is 35.5. The second-order valence-corrected chi connectivity index (χ2v) is 3.17. The number of halogens is 1. The van der Waals surface area contributed by atoms with Gasteiger partial charge in [-0.1, -0.05) is 23.7 Å². The lowest BCUT2D eigenvalue weighted by atomic mass is 10.1. The molecular weight excluding hydrogens is 188 g/mol. The van der Waals surface area contributed by atoms with Crippen LogP contribution in [0.3, 0.4) is 0 Å². The average molecular weight is 195 g/mol. The van der Waals surface area contributed by atoms with Crippen molar-refractivity contribution in [2.75, 3.05) is 0 Å². The van der Waals surface area contributed by atoms with Crippen molar-refractivity contribution in [3.8, 4) is 0 Å². The SMILES string of the molecule is CC(=O)c1cccc2n[nH]c(Cl)c12. The molecule has 2 aromatic rings. The molecule has 66 valence electrons. The number of ketones is 1. The number of Topliss-reactive ketones (excluding diaryl/α,β-unsaturated/α-hetero) is 1. The van der Waals surface area contributed by atoms with E-state index in [0.717, 1.165) is 5.52 Å². The molecule has 1 N–H and O–H groups in total. The summed E-state index contributed by atoms with van der Waals surface area (Å²) in [4.78, 5) is 11.2. The van der Waals surface area contributed by atoms with E-state index < -0.39 is 0 Å². The third-order valence-corrected chi connectivity index (χ3v) is 2.19. The summed E-state index contributed by atoms with van der Waals surface area (Å²) in [7, 11) is 0. The van der Waals surface area contributed by atoms with E-state index >= 15 is 0 Å². The molecule has 0 spiro atoms. The van der Waals surface area contributed by atoms with Gasteiger partial charge in [0.05, 0.1) is 5.52 Å². The number of H-pyrrole nitrogens is 1. The lowest BCUT2D eigenvalue weighted by molar-refractivity contribution is 0.101. The molecular formula is C9H7ClN2O. The number of hydrogen-bond donors (Lipinski definition) is 1. The number of nitrogens with zero attached hydrogens (tertiary/aromatic N) is 1. The normalized spacial score (nSPS) is 10.6. The Morgan fingerprint density at radius 2 is 2.31 bits per heavy atom. The van der Waals surface area contributed by atoms with Crippen LogP contribution in [0.5, 0.6) is 0 Å². The highest BCUT2D eigenvalue weighted by Gasteiger charge is 2.10. The third-order valence-electron chi connectivity index (χ3n) is 1.92. The van der Waals surface area contributed by atoms with Crippen LogP contribution in [-0.2, 0) is 0 Å². The Balaban J connectivity index is 2.88. The van der Waals surface area contributed by atoms with Gasteiger partial charge in [-0.25, -0.2) is 0 Å². The topological polar surface area (TPSA) is 45.8 Å². The quantitative estimate of drug-likeness (QED) is 0.709. The van der Waals surface area contributed by atoms with Gasteiger partial charge >= 0.3 is 0 Å². The maximum atomic E-state index is 11.2. The molecule has 13 heavy (non-hydrogen) atoms. The predicted octanol–water partition coefficient (Wildman–Crippen LogP) is 2.42. The van der Waals surface area contributed by atoms with E-state index in [1.807, 2.05) is 6.07 Å². The third kappa shape index (κ3) is 1.21. The first-order chi connectivity index (χ1) is 6.20. The minimum Gasteiger partial charge on any atom is -0.294 e. The second kappa shape index (κ2) is 2.85. The van der Waals surface area contributed by atoms with Crippen molar-refractivity contribution in [1.29, 1.82) is 0 Å². The van der Waals surface area contributed by atoms with Gasteiger partial charge in [0.25, 0.3) is 0 Å². The van der Waals surface area contributed by atoms with Crippen molar-refractivity contribution < 1.29 is 4.79 Å². The summed E-state index contributed by atoms with van der Waals surface area (Å²) in [6.45, 7) is 1.51. The standard InChI is InChI=1S/C9H7ClN2O/c1-5(13)6-3-2-4-7-8(6)9(10)12-11-7/h2-4H,1H3,(H,11,12). The number of carbonyl (C=O) groups excluding carboxylic acids is 1. The zero-order valence-corrected chi connectivity index (χ0v) is 7.72. The Labute approximate surface area is 79.7 Å². The first-order valence-electron chi connectivity index (χ1n) is 3.83. The Kier molecular flexibility index (Phi) is 1.81. The lowest BCUT2D eigenvalue weighted by Crippen LogP contribution is -1.91. The van der Waals surface area contributed by atoms with Gasteiger partial charge in [0.1, 0.15) is 5.15 Å².